The molecule has 0 aliphatic rings. The molecule has 110 valence electrons. The predicted octanol–water partition coefficient (Wildman–Crippen LogP) is 3.75. The molecule has 1 atom stereocenters. The van der Waals surface area contributed by atoms with Crippen LogP contribution in [0.1, 0.15) is 24.8 Å². The molecule has 1 unspecified atom stereocenters. The van der Waals surface area contributed by atoms with Gasteiger partial charge in [0.1, 0.15) is 0 Å². The highest BCUT2D eigenvalue weighted by molar-refractivity contribution is 6.42. The van der Waals surface area contributed by atoms with Gasteiger partial charge in [-0.2, -0.15) is 0 Å². The molecule has 0 spiro atoms. The number of methoxy groups -OCH3 is 1. The third-order valence-electron chi connectivity index (χ3n) is 3.41. The number of hydrogen-bond acceptors (Lipinski definition) is 3. The second kappa shape index (κ2) is 7.67. The summed E-state index contributed by atoms with van der Waals surface area (Å²) in [6, 6.07) is 5.22. The Balaban J connectivity index is 3.11. The van der Waals surface area contributed by atoms with Crippen LogP contribution < -0.4 is 0 Å². The molecule has 0 saturated carbocycles. The molecular formula is C15H18Cl2O3. The van der Waals surface area contributed by atoms with Crippen molar-refractivity contribution in [3.05, 3.63) is 46.5 Å². The zero-order valence-corrected chi connectivity index (χ0v) is 12.9. The third kappa shape index (κ3) is 3.98. The van der Waals surface area contributed by atoms with E-state index in [1.165, 1.54) is 7.11 Å². The van der Waals surface area contributed by atoms with Gasteiger partial charge in [0.25, 0.3) is 0 Å². The van der Waals surface area contributed by atoms with Crippen LogP contribution in [0.15, 0.2) is 30.9 Å². The van der Waals surface area contributed by atoms with Gasteiger partial charge in [-0.25, -0.2) is 0 Å². The van der Waals surface area contributed by atoms with Crippen LogP contribution >= 0.6 is 23.2 Å². The maximum absolute atomic E-state index is 11.4. The number of hydrogen-bond donors (Lipinski definition) is 1. The second-order valence-corrected chi connectivity index (χ2v) is 5.45. The summed E-state index contributed by atoms with van der Waals surface area (Å²) in [5.74, 6) is -0.313. The van der Waals surface area contributed by atoms with Gasteiger partial charge in [0, 0.05) is 11.8 Å². The van der Waals surface area contributed by atoms with Crippen molar-refractivity contribution in [3.8, 4) is 0 Å². The summed E-state index contributed by atoms with van der Waals surface area (Å²) in [5.41, 5.74) is 0.225. The number of carbonyl (C=O) groups is 1. The van der Waals surface area contributed by atoms with E-state index in [0.717, 1.165) is 5.56 Å². The van der Waals surface area contributed by atoms with E-state index in [-0.39, 0.29) is 19.0 Å². The van der Waals surface area contributed by atoms with Gasteiger partial charge in [-0.05, 0) is 30.5 Å². The van der Waals surface area contributed by atoms with Crippen molar-refractivity contribution in [2.24, 2.45) is 0 Å². The van der Waals surface area contributed by atoms with Crippen LogP contribution in [-0.4, -0.2) is 24.8 Å². The smallest absolute Gasteiger partial charge is 0.305 e. The van der Waals surface area contributed by atoms with E-state index in [1.807, 2.05) is 6.07 Å². The predicted molar refractivity (Wildman–Crippen MR) is 81.3 cm³/mol. The molecule has 0 aliphatic carbocycles. The van der Waals surface area contributed by atoms with Crippen LogP contribution in [0.3, 0.4) is 0 Å². The Morgan fingerprint density at radius 2 is 2.15 bits per heavy atom. The molecule has 0 heterocycles. The van der Waals surface area contributed by atoms with Gasteiger partial charge in [-0.1, -0.05) is 35.3 Å². The highest BCUT2D eigenvalue weighted by Crippen LogP contribution is 2.36. The number of benzene rings is 1. The summed E-state index contributed by atoms with van der Waals surface area (Å²) in [6.07, 6.45) is 2.90. The molecule has 0 saturated heterocycles. The molecule has 1 aromatic rings. The van der Waals surface area contributed by atoms with E-state index < -0.39 is 5.41 Å². The average molecular weight is 317 g/mol. The molecule has 3 nitrogen and oxygen atoms in total. The lowest BCUT2D eigenvalue weighted by atomic mass is 9.74. The first kappa shape index (κ1) is 17.0. The number of halogens is 2. The number of carbonyl (C=O) groups excluding carboxylic acids is 1. The Bertz CT molecular complexity index is 488. The van der Waals surface area contributed by atoms with Crippen molar-refractivity contribution in [2.45, 2.75) is 24.7 Å². The molecule has 1 N–H and O–H groups in total. The Kier molecular flexibility index (Phi) is 6.53. The number of esters is 1. The molecule has 5 heteroatoms. The summed E-state index contributed by atoms with van der Waals surface area (Å²) in [4.78, 5) is 11.4. The molecule has 0 aromatic heterocycles. The molecule has 1 rings (SSSR count). The van der Waals surface area contributed by atoms with E-state index in [0.29, 0.717) is 22.9 Å². The van der Waals surface area contributed by atoms with Gasteiger partial charge in [-0.15, -0.1) is 6.58 Å². The second-order valence-electron chi connectivity index (χ2n) is 4.64. The van der Waals surface area contributed by atoms with E-state index in [4.69, 9.17) is 23.2 Å². The standard InChI is InChI=1S/C15H18Cl2O3/c1-3-7-15(10-18,8-6-14(19)20-2)11-4-5-12(16)13(17)9-11/h3-5,9,18H,1,6-8,10H2,2H3. The van der Waals surface area contributed by atoms with E-state index in [1.54, 1.807) is 18.2 Å². The maximum Gasteiger partial charge on any atom is 0.305 e. The zero-order valence-electron chi connectivity index (χ0n) is 11.4. The molecule has 0 aliphatic heterocycles. The molecule has 0 amide bonds. The fraction of sp³-hybridized carbons (Fsp3) is 0.400. The van der Waals surface area contributed by atoms with Crippen molar-refractivity contribution < 1.29 is 14.6 Å². The van der Waals surface area contributed by atoms with Crippen molar-refractivity contribution in [1.29, 1.82) is 0 Å². The van der Waals surface area contributed by atoms with Crippen LogP contribution in [-0.2, 0) is 14.9 Å². The summed E-state index contributed by atoms with van der Waals surface area (Å²) in [5, 5.41) is 10.7. The Labute approximate surface area is 129 Å². The van der Waals surface area contributed by atoms with Gasteiger partial charge in [0.05, 0.1) is 23.8 Å². The number of ether oxygens (including phenoxy) is 1. The lowest BCUT2D eigenvalue weighted by Crippen LogP contribution is -2.31. The molecule has 20 heavy (non-hydrogen) atoms. The van der Waals surface area contributed by atoms with E-state index in [2.05, 4.69) is 11.3 Å². The highest BCUT2D eigenvalue weighted by atomic mass is 35.5. The minimum Gasteiger partial charge on any atom is -0.469 e. The first-order valence-corrected chi connectivity index (χ1v) is 6.99. The Morgan fingerprint density at radius 1 is 1.45 bits per heavy atom. The molecule has 1 aromatic carbocycles. The van der Waals surface area contributed by atoms with E-state index in [9.17, 15) is 9.90 Å². The fourth-order valence-corrected chi connectivity index (χ4v) is 2.44. The van der Waals surface area contributed by atoms with Gasteiger partial charge >= 0.3 is 5.97 Å². The Hall–Kier alpha value is -1.03. The van der Waals surface area contributed by atoms with Crippen molar-refractivity contribution in [1.82, 2.24) is 0 Å². The first-order chi connectivity index (χ1) is 9.49. The fourth-order valence-electron chi connectivity index (χ4n) is 2.14. The largest absolute Gasteiger partial charge is 0.469 e. The SMILES string of the molecule is C=CCC(CO)(CCC(=O)OC)c1ccc(Cl)c(Cl)c1. The number of aliphatic hydroxyl groups is 1. The van der Waals surface area contributed by atoms with E-state index >= 15 is 0 Å². The van der Waals surface area contributed by atoms with Gasteiger partial charge in [0.2, 0.25) is 0 Å². The monoisotopic (exact) mass is 316 g/mol. The minimum absolute atomic E-state index is 0.117. The molecule has 0 radical (unpaired) electrons. The van der Waals surface area contributed by atoms with Crippen LogP contribution in [0.5, 0.6) is 0 Å². The maximum atomic E-state index is 11.4. The zero-order chi connectivity index (χ0) is 15.2. The molecule has 0 fully saturated rings. The summed E-state index contributed by atoms with van der Waals surface area (Å²) >= 11 is 11.9. The molecule has 0 bridgehead atoms. The topological polar surface area (TPSA) is 46.5 Å². The van der Waals surface area contributed by atoms with Crippen molar-refractivity contribution in [3.63, 3.8) is 0 Å². The third-order valence-corrected chi connectivity index (χ3v) is 4.14. The van der Waals surface area contributed by atoms with Gasteiger partial charge in [0.15, 0.2) is 0 Å². The van der Waals surface area contributed by atoms with Crippen molar-refractivity contribution in [2.75, 3.05) is 13.7 Å². The minimum atomic E-state index is -0.607. The Morgan fingerprint density at radius 3 is 2.65 bits per heavy atom. The lowest BCUT2D eigenvalue weighted by molar-refractivity contribution is -0.141. The number of aliphatic hydroxyl groups excluding tert-OH is 1. The van der Waals surface area contributed by atoms with Crippen molar-refractivity contribution >= 4 is 29.2 Å². The quantitative estimate of drug-likeness (QED) is 0.615. The van der Waals surface area contributed by atoms with Crippen LogP contribution in [0.2, 0.25) is 10.0 Å². The van der Waals surface area contributed by atoms with Crippen LogP contribution in [0.4, 0.5) is 0 Å². The van der Waals surface area contributed by atoms with Gasteiger partial charge in [-0.3, -0.25) is 4.79 Å². The normalized spacial score (nSPS) is 13.6. The van der Waals surface area contributed by atoms with Crippen LogP contribution in [0, 0.1) is 0 Å². The number of allylic oxidation sites excluding steroid dienone is 1. The summed E-state index contributed by atoms with van der Waals surface area (Å²) < 4.78 is 4.65. The lowest BCUT2D eigenvalue weighted by Gasteiger charge is -2.31. The number of rotatable bonds is 7. The van der Waals surface area contributed by atoms with Gasteiger partial charge < -0.3 is 9.84 Å². The molecular weight excluding hydrogens is 299 g/mol. The summed E-state index contributed by atoms with van der Waals surface area (Å²) in [7, 11) is 1.34. The average Bonchev–Trinajstić information content (AvgIpc) is 2.46. The first-order valence-electron chi connectivity index (χ1n) is 6.23. The van der Waals surface area contributed by atoms with Crippen LogP contribution in [0.25, 0.3) is 0 Å². The summed E-state index contributed by atoms with van der Waals surface area (Å²) in [6.45, 7) is 3.60. The highest BCUT2D eigenvalue weighted by Gasteiger charge is 2.31.